The van der Waals surface area contributed by atoms with Crippen LogP contribution in [0.3, 0.4) is 0 Å². The molecule has 7 nitrogen and oxygen atoms in total. The van der Waals surface area contributed by atoms with Gasteiger partial charge in [0, 0.05) is 23.7 Å². The highest BCUT2D eigenvalue weighted by Gasteiger charge is 2.19. The van der Waals surface area contributed by atoms with E-state index in [-0.39, 0.29) is 10.8 Å². The smallest absolute Gasteiger partial charge is 0.338 e. The molecule has 0 aliphatic heterocycles. The summed E-state index contributed by atoms with van der Waals surface area (Å²) in [5.41, 5.74) is 2.83. The van der Waals surface area contributed by atoms with Gasteiger partial charge in [-0.2, -0.15) is 4.37 Å². The number of aromatic nitrogens is 5. The molecule has 0 saturated carbocycles. The number of H-pyrrole nitrogens is 1. The molecule has 1 aromatic carbocycles. The van der Waals surface area contributed by atoms with E-state index in [9.17, 15) is 9.90 Å². The molecule has 0 unspecified atom stereocenters. The molecule has 26 heavy (non-hydrogen) atoms. The molecule has 4 rings (SSSR count). The van der Waals surface area contributed by atoms with Crippen molar-refractivity contribution < 1.29 is 9.90 Å². The van der Waals surface area contributed by atoms with E-state index in [0.717, 1.165) is 11.1 Å². The highest BCUT2D eigenvalue weighted by Crippen LogP contribution is 2.32. The number of carbonyl (C=O) groups is 1. The van der Waals surface area contributed by atoms with Gasteiger partial charge in [-0.25, -0.2) is 19.7 Å². The first-order valence-electron chi connectivity index (χ1n) is 7.78. The number of nitrogens with one attached hydrogen (secondary N) is 1. The topological polar surface area (TPSA) is 105 Å². The van der Waals surface area contributed by atoms with Crippen molar-refractivity contribution in [3.05, 3.63) is 47.1 Å². The van der Waals surface area contributed by atoms with Crippen LogP contribution in [0.15, 0.2) is 30.5 Å². The number of aromatic carboxylic acids is 1. The lowest BCUT2D eigenvalue weighted by Gasteiger charge is -2.07. The highest BCUT2D eigenvalue weighted by atomic mass is 35.5. The fourth-order valence-electron chi connectivity index (χ4n) is 2.74. The molecule has 0 saturated heterocycles. The van der Waals surface area contributed by atoms with Crippen molar-refractivity contribution in [3.8, 4) is 21.8 Å². The molecule has 0 fully saturated rings. The van der Waals surface area contributed by atoms with Gasteiger partial charge >= 0.3 is 5.97 Å². The van der Waals surface area contributed by atoms with E-state index >= 15 is 0 Å². The van der Waals surface area contributed by atoms with Crippen LogP contribution in [-0.4, -0.2) is 35.4 Å². The van der Waals surface area contributed by atoms with Crippen molar-refractivity contribution in [1.82, 2.24) is 24.3 Å². The summed E-state index contributed by atoms with van der Waals surface area (Å²) in [5.74, 6) is -0.395. The minimum absolute atomic E-state index is 0.141. The standard InChI is InChI=1S/C17H12ClN5O2S/c1-2-11-20-13(12-10(16(24)25)7-19-14(12)21-11)8-4-3-5-9(6-8)15-22-17(18)23-26-15/h3-7H,2H2,1H3,(H,24,25)(H,19,20,21). The third-order valence-electron chi connectivity index (χ3n) is 3.91. The molecular formula is C17H12ClN5O2S. The maximum Gasteiger partial charge on any atom is 0.338 e. The van der Waals surface area contributed by atoms with Gasteiger partial charge in [-0.05, 0) is 29.2 Å². The van der Waals surface area contributed by atoms with Crippen LogP contribution < -0.4 is 0 Å². The lowest BCUT2D eigenvalue weighted by molar-refractivity contribution is 0.0699. The van der Waals surface area contributed by atoms with Crippen LogP contribution in [0.4, 0.5) is 0 Å². The SMILES string of the molecule is CCc1nc(-c2cccc(-c3nc(Cl)ns3)c2)c2c(C(=O)O)c[nH]c2n1. The monoisotopic (exact) mass is 385 g/mol. The van der Waals surface area contributed by atoms with Crippen molar-refractivity contribution in [2.75, 3.05) is 0 Å². The number of carboxylic acid groups (broad SMARTS) is 1. The Bertz CT molecular complexity index is 1140. The summed E-state index contributed by atoms with van der Waals surface area (Å²) in [4.78, 5) is 27.7. The Morgan fingerprint density at radius 3 is 2.77 bits per heavy atom. The molecule has 0 amide bonds. The van der Waals surface area contributed by atoms with Crippen molar-refractivity contribution in [2.45, 2.75) is 13.3 Å². The summed E-state index contributed by atoms with van der Waals surface area (Å²) in [6.45, 7) is 1.95. The first kappa shape index (κ1) is 16.6. The minimum Gasteiger partial charge on any atom is -0.478 e. The number of rotatable bonds is 4. The van der Waals surface area contributed by atoms with E-state index in [1.807, 2.05) is 31.2 Å². The number of fused-ring (bicyclic) bond motifs is 1. The third-order valence-corrected chi connectivity index (χ3v) is 4.94. The zero-order valence-electron chi connectivity index (χ0n) is 13.5. The second kappa shape index (κ2) is 6.47. The molecule has 3 aromatic heterocycles. The number of hydrogen-bond donors (Lipinski definition) is 2. The highest BCUT2D eigenvalue weighted by molar-refractivity contribution is 7.09. The molecule has 0 aliphatic carbocycles. The van der Waals surface area contributed by atoms with Crippen LogP contribution in [-0.2, 0) is 6.42 Å². The summed E-state index contributed by atoms with van der Waals surface area (Å²) in [7, 11) is 0. The first-order chi connectivity index (χ1) is 12.6. The summed E-state index contributed by atoms with van der Waals surface area (Å²) in [6, 6.07) is 7.55. The van der Waals surface area contributed by atoms with Gasteiger partial charge in [0.2, 0.25) is 5.28 Å². The van der Waals surface area contributed by atoms with Crippen molar-refractivity contribution >= 4 is 40.1 Å². The third kappa shape index (κ3) is 2.83. The van der Waals surface area contributed by atoms with Gasteiger partial charge in [0.1, 0.15) is 16.5 Å². The summed E-state index contributed by atoms with van der Waals surface area (Å²) in [5, 5.41) is 10.9. The maximum absolute atomic E-state index is 11.6. The summed E-state index contributed by atoms with van der Waals surface area (Å²) in [6.07, 6.45) is 2.08. The van der Waals surface area contributed by atoms with E-state index in [1.54, 1.807) is 0 Å². The fraction of sp³-hybridized carbons (Fsp3) is 0.118. The van der Waals surface area contributed by atoms with E-state index in [0.29, 0.717) is 34.0 Å². The Morgan fingerprint density at radius 2 is 2.08 bits per heavy atom. The van der Waals surface area contributed by atoms with Crippen LogP contribution in [0.2, 0.25) is 5.28 Å². The van der Waals surface area contributed by atoms with Crippen molar-refractivity contribution in [2.24, 2.45) is 0 Å². The summed E-state index contributed by atoms with van der Waals surface area (Å²) < 4.78 is 3.99. The number of nitrogens with zero attached hydrogens (tertiary/aromatic N) is 4. The molecule has 130 valence electrons. The Kier molecular flexibility index (Phi) is 4.14. The van der Waals surface area contributed by atoms with Gasteiger partial charge in [-0.15, -0.1) is 0 Å². The quantitative estimate of drug-likeness (QED) is 0.549. The van der Waals surface area contributed by atoms with Crippen LogP contribution in [0.5, 0.6) is 0 Å². The number of benzene rings is 1. The average molecular weight is 386 g/mol. The number of hydrogen-bond acceptors (Lipinski definition) is 6. The van der Waals surface area contributed by atoms with Gasteiger partial charge in [-0.1, -0.05) is 25.1 Å². The van der Waals surface area contributed by atoms with Crippen LogP contribution in [0.25, 0.3) is 32.9 Å². The molecule has 0 spiro atoms. The second-order valence-electron chi connectivity index (χ2n) is 5.52. The van der Waals surface area contributed by atoms with Gasteiger partial charge in [0.25, 0.3) is 0 Å². The lowest BCUT2D eigenvalue weighted by atomic mass is 10.0. The summed E-state index contributed by atoms with van der Waals surface area (Å²) >= 11 is 7.03. The molecular weight excluding hydrogens is 374 g/mol. The zero-order chi connectivity index (χ0) is 18.3. The zero-order valence-corrected chi connectivity index (χ0v) is 15.1. The second-order valence-corrected chi connectivity index (χ2v) is 6.61. The molecule has 0 bridgehead atoms. The largest absolute Gasteiger partial charge is 0.478 e. The Morgan fingerprint density at radius 1 is 1.27 bits per heavy atom. The minimum atomic E-state index is -1.03. The lowest BCUT2D eigenvalue weighted by Crippen LogP contribution is -2.00. The average Bonchev–Trinajstić information content (AvgIpc) is 3.27. The van der Waals surface area contributed by atoms with Gasteiger partial charge in [0.05, 0.1) is 16.6 Å². The van der Waals surface area contributed by atoms with Gasteiger partial charge < -0.3 is 10.1 Å². The number of aryl methyl sites for hydroxylation is 1. The fourth-order valence-corrected chi connectivity index (χ4v) is 3.54. The maximum atomic E-state index is 11.6. The van der Waals surface area contributed by atoms with Crippen LogP contribution >= 0.6 is 23.1 Å². The molecule has 4 aromatic rings. The van der Waals surface area contributed by atoms with E-state index in [4.69, 9.17) is 11.6 Å². The Balaban J connectivity index is 1.96. The Hall–Kier alpha value is -2.84. The molecule has 0 atom stereocenters. The molecule has 2 N–H and O–H groups in total. The normalized spacial score (nSPS) is 11.2. The predicted molar refractivity (Wildman–Crippen MR) is 99.6 cm³/mol. The predicted octanol–water partition coefficient (Wildman–Crippen LogP) is 4.06. The number of halogens is 1. The van der Waals surface area contributed by atoms with Crippen LogP contribution in [0.1, 0.15) is 23.1 Å². The van der Waals surface area contributed by atoms with E-state index in [1.165, 1.54) is 17.7 Å². The van der Waals surface area contributed by atoms with Gasteiger partial charge in [0.15, 0.2) is 0 Å². The molecule has 0 aliphatic rings. The van der Waals surface area contributed by atoms with Crippen LogP contribution in [0, 0.1) is 0 Å². The number of carboxylic acids is 1. The van der Waals surface area contributed by atoms with Gasteiger partial charge in [-0.3, -0.25) is 0 Å². The molecule has 9 heteroatoms. The molecule has 3 heterocycles. The molecule has 0 radical (unpaired) electrons. The van der Waals surface area contributed by atoms with E-state index < -0.39 is 5.97 Å². The first-order valence-corrected chi connectivity index (χ1v) is 8.93. The van der Waals surface area contributed by atoms with Crippen molar-refractivity contribution in [1.29, 1.82) is 0 Å². The van der Waals surface area contributed by atoms with Crippen molar-refractivity contribution in [3.63, 3.8) is 0 Å². The van der Waals surface area contributed by atoms with E-state index in [2.05, 4.69) is 24.3 Å². The number of aromatic amines is 1. The Labute approximate surface area is 156 Å².